The lowest BCUT2D eigenvalue weighted by Gasteiger charge is -2.18. The molecule has 0 saturated carbocycles. The molecule has 1 heterocycles. The molecule has 0 saturated heterocycles. The Morgan fingerprint density at radius 2 is 2.21 bits per heavy atom. The van der Waals surface area contributed by atoms with E-state index in [1.54, 1.807) is 6.92 Å². The van der Waals surface area contributed by atoms with Crippen molar-refractivity contribution >= 4 is 17.3 Å². The van der Waals surface area contributed by atoms with E-state index in [4.69, 9.17) is 9.84 Å². The first-order valence-electron chi connectivity index (χ1n) is 6.30. The second-order valence-electron chi connectivity index (χ2n) is 3.99. The highest BCUT2D eigenvalue weighted by atomic mass is 32.1. The van der Waals surface area contributed by atoms with Crippen LogP contribution in [0.25, 0.3) is 0 Å². The number of rotatable bonds is 8. The first kappa shape index (κ1) is 15.9. The number of nitrogens with one attached hydrogen (secondary N) is 1. The van der Waals surface area contributed by atoms with Gasteiger partial charge in [-0.2, -0.15) is 0 Å². The van der Waals surface area contributed by atoms with Gasteiger partial charge in [0.2, 0.25) is 0 Å². The van der Waals surface area contributed by atoms with Crippen LogP contribution in [0.5, 0.6) is 0 Å². The molecular formula is C12H20N2O4S. The van der Waals surface area contributed by atoms with Gasteiger partial charge in [0.15, 0.2) is 0 Å². The molecule has 0 aliphatic heterocycles. The molecule has 7 heteroatoms. The fraction of sp³-hybridized carbons (Fsp3) is 0.667. The van der Waals surface area contributed by atoms with Crippen molar-refractivity contribution in [3.8, 4) is 0 Å². The van der Waals surface area contributed by atoms with Gasteiger partial charge < -0.3 is 14.8 Å². The van der Waals surface area contributed by atoms with Crippen molar-refractivity contribution in [1.29, 1.82) is 0 Å². The predicted octanol–water partition coefficient (Wildman–Crippen LogP) is 0.356. The minimum atomic E-state index is -0.344. The standard InChI is InChI=1S/C12H20N2O4S/c1-3-14(5-6-15)8-10-9(13-12(17)19-10)7-11(16)18-4-2/h15H,3-8H2,1-2H3,(H,13,17). The Hall–Kier alpha value is -1.18. The van der Waals surface area contributed by atoms with Crippen LogP contribution in [0.1, 0.15) is 24.4 Å². The van der Waals surface area contributed by atoms with Crippen molar-refractivity contribution in [2.75, 3.05) is 26.3 Å². The summed E-state index contributed by atoms with van der Waals surface area (Å²) in [5, 5.41) is 8.95. The van der Waals surface area contributed by atoms with E-state index >= 15 is 0 Å². The lowest BCUT2D eigenvalue weighted by molar-refractivity contribution is -0.142. The van der Waals surface area contributed by atoms with Crippen LogP contribution in [0.15, 0.2) is 4.79 Å². The Labute approximate surface area is 116 Å². The zero-order chi connectivity index (χ0) is 14.3. The summed E-state index contributed by atoms with van der Waals surface area (Å²) in [5.74, 6) is -0.344. The number of hydrogen-bond acceptors (Lipinski definition) is 6. The van der Waals surface area contributed by atoms with E-state index in [0.29, 0.717) is 25.4 Å². The molecule has 108 valence electrons. The maximum Gasteiger partial charge on any atom is 0.311 e. The minimum absolute atomic E-state index is 0.0698. The van der Waals surface area contributed by atoms with E-state index in [1.807, 2.05) is 11.8 Å². The van der Waals surface area contributed by atoms with Crippen LogP contribution in [0.4, 0.5) is 0 Å². The number of carbonyl (C=O) groups is 1. The molecular weight excluding hydrogens is 268 g/mol. The lowest BCUT2D eigenvalue weighted by Crippen LogP contribution is -2.26. The third kappa shape index (κ3) is 5.14. The molecule has 1 aromatic heterocycles. The van der Waals surface area contributed by atoms with Gasteiger partial charge in [-0.1, -0.05) is 18.3 Å². The monoisotopic (exact) mass is 288 g/mol. The summed E-state index contributed by atoms with van der Waals surface area (Å²) >= 11 is 1.10. The zero-order valence-electron chi connectivity index (χ0n) is 11.3. The van der Waals surface area contributed by atoms with E-state index in [0.717, 1.165) is 22.8 Å². The molecule has 0 atom stereocenters. The van der Waals surface area contributed by atoms with E-state index in [9.17, 15) is 9.59 Å². The summed E-state index contributed by atoms with van der Waals surface area (Å²) in [6.07, 6.45) is 0.0819. The maximum absolute atomic E-state index is 11.5. The average Bonchev–Trinajstić information content (AvgIpc) is 2.69. The molecule has 19 heavy (non-hydrogen) atoms. The topological polar surface area (TPSA) is 82.6 Å². The van der Waals surface area contributed by atoms with Crippen LogP contribution in [-0.4, -0.2) is 47.3 Å². The van der Waals surface area contributed by atoms with Crippen molar-refractivity contribution in [3.05, 3.63) is 20.2 Å². The number of aromatic nitrogens is 1. The summed E-state index contributed by atoms with van der Waals surface area (Å²) in [7, 11) is 0. The number of likely N-dealkylation sites (N-methyl/N-ethyl adjacent to an activating group) is 1. The molecule has 0 aliphatic carbocycles. The van der Waals surface area contributed by atoms with E-state index in [-0.39, 0.29) is 23.9 Å². The predicted molar refractivity (Wildman–Crippen MR) is 73.3 cm³/mol. The highest BCUT2D eigenvalue weighted by molar-refractivity contribution is 7.09. The third-order valence-corrected chi connectivity index (χ3v) is 3.57. The highest BCUT2D eigenvalue weighted by Crippen LogP contribution is 2.13. The summed E-state index contributed by atoms with van der Waals surface area (Å²) in [6, 6.07) is 0. The van der Waals surface area contributed by atoms with Gasteiger partial charge in [0.05, 0.1) is 19.6 Å². The number of hydrogen-bond donors (Lipinski definition) is 2. The first-order chi connectivity index (χ1) is 9.10. The number of esters is 1. The summed E-state index contributed by atoms with van der Waals surface area (Å²) < 4.78 is 4.88. The van der Waals surface area contributed by atoms with E-state index in [2.05, 4.69) is 4.98 Å². The molecule has 2 N–H and O–H groups in total. The summed E-state index contributed by atoms with van der Waals surface area (Å²) in [5.41, 5.74) is 0.616. The number of aliphatic hydroxyl groups excluding tert-OH is 1. The van der Waals surface area contributed by atoms with Crippen molar-refractivity contribution in [2.24, 2.45) is 0 Å². The van der Waals surface area contributed by atoms with Crippen LogP contribution < -0.4 is 4.87 Å². The van der Waals surface area contributed by atoms with Gasteiger partial charge in [-0.15, -0.1) is 0 Å². The smallest absolute Gasteiger partial charge is 0.311 e. The summed E-state index contributed by atoms with van der Waals surface area (Å²) in [4.78, 5) is 28.2. The van der Waals surface area contributed by atoms with Crippen LogP contribution in [0.3, 0.4) is 0 Å². The van der Waals surface area contributed by atoms with E-state index < -0.39 is 0 Å². The number of aliphatic hydroxyl groups is 1. The van der Waals surface area contributed by atoms with Crippen LogP contribution in [-0.2, 0) is 22.5 Å². The second-order valence-corrected chi connectivity index (χ2v) is 5.06. The molecule has 1 rings (SSSR count). The molecule has 0 aliphatic rings. The molecule has 0 spiro atoms. The Kier molecular flexibility index (Phi) is 6.75. The fourth-order valence-corrected chi connectivity index (χ4v) is 2.60. The lowest BCUT2D eigenvalue weighted by atomic mass is 10.2. The fourth-order valence-electron chi connectivity index (χ4n) is 1.71. The Morgan fingerprint density at radius 3 is 2.79 bits per heavy atom. The van der Waals surface area contributed by atoms with Crippen LogP contribution in [0.2, 0.25) is 0 Å². The van der Waals surface area contributed by atoms with Gasteiger partial charge in [0.1, 0.15) is 0 Å². The zero-order valence-corrected chi connectivity index (χ0v) is 12.1. The Bertz CT molecular complexity index is 455. The number of ether oxygens (including phenoxy) is 1. The van der Waals surface area contributed by atoms with Crippen molar-refractivity contribution in [1.82, 2.24) is 9.88 Å². The van der Waals surface area contributed by atoms with Gasteiger partial charge in [0.25, 0.3) is 0 Å². The largest absolute Gasteiger partial charge is 0.466 e. The normalized spacial score (nSPS) is 10.9. The van der Waals surface area contributed by atoms with Gasteiger partial charge in [0, 0.05) is 23.7 Å². The molecule has 1 aromatic rings. The Balaban J connectivity index is 2.77. The number of thiazole rings is 1. The number of carbonyl (C=O) groups excluding carboxylic acids is 1. The SMILES string of the molecule is CCOC(=O)Cc1[nH]c(=O)sc1CN(CC)CCO. The minimum Gasteiger partial charge on any atom is -0.466 e. The molecule has 0 aromatic carbocycles. The van der Waals surface area contributed by atoms with Crippen LogP contribution >= 0.6 is 11.3 Å². The second kappa shape index (κ2) is 8.08. The van der Waals surface area contributed by atoms with E-state index in [1.165, 1.54) is 0 Å². The number of aromatic amines is 1. The number of H-pyrrole nitrogens is 1. The van der Waals surface area contributed by atoms with Gasteiger partial charge in [-0.05, 0) is 13.5 Å². The maximum atomic E-state index is 11.5. The number of nitrogens with zero attached hydrogens (tertiary/aromatic N) is 1. The average molecular weight is 288 g/mol. The third-order valence-electron chi connectivity index (χ3n) is 2.66. The van der Waals surface area contributed by atoms with Crippen molar-refractivity contribution < 1.29 is 14.6 Å². The molecule has 0 bridgehead atoms. The van der Waals surface area contributed by atoms with Crippen molar-refractivity contribution in [3.63, 3.8) is 0 Å². The van der Waals surface area contributed by atoms with Gasteiger partial charge >= 0.3 is 10.8 Å². The highest BCUT2D eigenvalue weighted by Gasteiger charge is 2.15. The molecule has 0 amide bonds. The van der Waals surface area contributed by atoms with Gasteiger partial charge in [-0.25, -0.2) is 0 Å². The summed E-state index contributed by atoms with van der Waals surface area (Å²) in [6.45, 7) is 5.99. The molecule has 0 fully saturated rings. The van der Waals surface area contributed by atoms with Crippen LogP contribution in [0, 0.1) is 0 Å². The molecule has 6 nitrogen and oxygen atoms in total. The first-order valence-corrected chi connectivity index (χ1v) is 7.12. The molecule has 0 unspecified atom stereocenters. The van der Waals surface area contributed by atoms with Gasteiger partial charge in [-0.3, -0.25) is 14.5 Å². The van der Waals surface area contributed by atoms with Crippen molar-refractivity contribution in [2.45, 2.75) is 26.8 Å². The molecule has 0 radical (unpaired) electrons. The quantitative estimate of drug-likeness (QED) is 0.675. The Morgan fingerprint density at radius 1 is 1.47 bits per heavy atom.